The molecule has 0 unspecified atom stereocenters. The van der Waals surface area contributed by atoms with Crippen molar-refractivity contribution in [3.63, 3.8) is 0 Å². The summed E-state index contributed by atoms with van der Waals surface area (Å²) < 4.78 is 15.5. The zero-order chi connectivity index (χ0) is 14.8. The number of unbranched alkanes of at least 4 members (excludes halogenated alkanes) is 1. The maximum absolute atomic E-state index is 11.0. The lowest BCUT2D eigenvalue weighted by Crippen LogP contribution is -2.00. The zero-order valence-electron chi connectivity index (χ0n) is 11.7. The second-order valence-corrected chi connectivity index (χ2v) is 4.80. The van der Waals surface area contributed by atoms with Crippen LogP contribution in [0.4, 0.5) is 0 Å². The molecule has 110 valence electrons. The molecule has 0 fully saturated rings. The van der Waals surface area contributed by atoms with Gasteiger partial charge in [0.2, 0.25) is 0 Å². The summed E-state index contributed by atoms with van der Waals surface area (Å²) in [6.45, 7) is 0.652. The number of alkyl halides is 1. The van der Waals surface area contributed by atoms with Gasteiger partial charge in [-0.1, -0.05) is 22.0 Å². The fraction of sp³-hybridized carbons (Fsp3) is 0.400. The van der Waals surface area contributed by atoms with E-state index in [-0.39, 0.29) is 5.97 Å². The van der Waals surface area contributed by atoms with Crippen molar-refractivity contribution >= 4 is 28.0 Å². The van der Waals surface area contributed by atoms with Gasteiger partial charge in [0.1, 0.15) is 0 Å². The SMILES string of the molecule is COC(=O)C=Cc1ccc(OCCCCBr)c(OC)c1. The molecule has 0 aliphatic rings. The molecular weight excluding hydrogens is 324 g/mol. The molecule has 20 heavy (non-hydrogen) atoms. The third kappa shape index (κ3) is 5.65. The van der Waals surface area contributed by atoms with Gasteiger partial charge >= 0.3 is 5.97 Å². The Morgan fingerprint density at radius 2 is 2.05 bits per heavy atom. The molecular formula is C15H19BrO4. The topological polar surface area (TPSA) is 44.8 Å². The lowest BCUT2D eigenvalue weighted by atomic mass is 10.2. The van der Waals surface area contributed by atoms with E-state index in [4.69, 9.17) is 9.47 Å². The quantitative estimate of drug-likeness (QED) is 0.314. The van der Waals surface area contributed by atoms with Crippen molar-refractivity contribution in [1.29, 1.82) is 0 Å². The number of methoxy groups -OCH3 is 2. The zero-order valence-corrected chi connectivity index (χ0v) is 13.3. The minimum atomic E-state index is -0.390. The molecule has 1 aromatic rings. The van der Waals surface area contributed by atoms with Crippen LogP contribution in [0.1, 0.15) is 18.4 Å². The Kier molecular flexibility index (Phi) is 7.80. The van der Waals surface area contributed by atoms with E-state index >= 15 is 0 Å². The number of hydrogen-bond acceptors (Lipinski definition) is 4. The highest BCUT2D eigenvalue weighted by atomic mass is 79.9. The highest BCUT2D eigenvalue weighted by Gasteiger charge is 2.05. The number of esters is 1. The first-order chi connectivity index (χ1) is 9.71. The van der Waals surface area contributed by atoms with E-state index in [2.05, 4.69) is 20.7 Å². The van der Waals surface area contributed by atoms with E-state index in [1.54, 1.807) is 13.2 Å². The average molecular weight is 343 g/mol. The van der Waals surface area contributed by atoms with Gasteiger partial charge in [0.05, 0.1) is 20.8 Å². The predicted octanol–water partition coefficient (Wildman–Crippen LogP) is 3.44. The summed E-state index contributed by atoms with van der Waals surface area (Å²) in [6, 6.07) is 5.52. The number of carbonyl (C=O) groups is 1. The van der Waals surface area contributed by atoms with Crippen molar-refractivity contribution < 1.29 is 19.0 Å². The minimum Gasteiger partial charge on any atom is -0.493 e. The van der Waals surface area contributed by atoms with Gasteiger partial charge in [-0.15, -0.1) is 0 Å². The smallest absolute Gasteiger partial charge is 0.330 e. The molecule has 0 atom stereocenters. The molecule has 0 spiro atoms. The van der Waals surface area contributed by atoms with E-state index in [1.807, 2.05) is 18.2 Å². The molecule has 0 saturated carbocycles. The maximum atomic E-state index is 11.0. The van der Waals surface area contributed by atoms with Crippen molar-refractivity contribution in [2.45, 2.75) is 12.8 Å². The Balaban J connectivity index is 2.69. The summed E-state index contributed by atoms with van der Waals surface area (Å²) >= 11 is 3.38. The summed E-state index contributed by atoms with van der Waals surface area (Å²) in [5.41, 5.74) is 0.847. The Morgan fingerprint density at radius 1 is 1.25 bits per heavy atom. The molecule has 0 N–H and O–H groups in total. The predicted molar refractivity (Wildman–Crippen MR) is 82.6 cm³/mol. The number of ether oxygens (including phenoxy) is 3. The van der Waals surface area contributed by atoms with Crippen molar-refractivity contribution in [1.82, 2.24) is 0 Å². The van der Waals surface area contributed by atoms with Gasteiger partial charge in [0, 0.05) is 11.4 Å². The van der Waals surface area contributed by atoms with Crippen LogP contribution in [0.25, 0.3) is 6.08 Å². The van der Waals surface area contributed by atoms with Gasteiger partial charge < -0.3 is 14.2 Å². The molecule has 4 nitrogen and oxygen atoms in total. The standard InChI is InChI=1S/C15H19BrO4/c1-18-14-11-12(6-8-15(17)19-2)5-7-13(14)20-10-4-3-9-16/h5-8,11H,3-4,9-10H2,1-2H3. The van der Waals surface area contributed by atoms with E-state index in [0.29, 0.717) is 18.1 Å². The molecule has 0 saturated heterocycles. The maximum Gasteiger partial charge on any atom is 0.330 e. The van der Waals surface area contributed by atoms with Crippen molar-refractivity contribution in [3.05, 3.63) is 29.8 Å². The van der Waals surface area contributed by atoms with Gasteiger partial charge in [-0.25, -0.2) is 4.79 Å². The summed E-state index contributed by atoms with van der Waals surface area (Å²) in [6.07, 6.45) is 5.09. The number of rotatable bonds is 8. The molecule has 1 rings (SSSR count). The third-order valence-electron chi connectivity index (χ3n) is 2.59. The van der Waals surface area contributed by atoms with Crippen LogP contribution in [-0.2, 0) is 9.53 Å². The lowest BCUT2D eigenvalue weighted by molar-refractivity contribution is -0.134. The highest BCUT2D eigenvalue weighted by Crippen LogP contribution is 2.28. The van der Waals surface area contributed by atoms with Crippen LogP contribution < -0.4 is 9.47 Å². The second kappa shape index (κ2) is 9.42. The summed E-state index contributed by atoms with van der Waals surface area (Å²) in [5, 5.41) is 0.977. The van der Waals surface area contributed by atoms with E-state index in [9.17, 15) is 4.79 Å². The number of carbonyl (C=O) groups excluding carboxylic acids is 1. The first-order valence-electron chi connectivity index (χ1n) is 6.34. The second-order valence-electron chi connectivity index (χ2n) is 4.01. The largest absolute Gasteiger partial charge is 0.493 e. The number of benzene rings is 1. The molecule has 1 aromatic carbocycles. The Labute approximate surface area is 127 Å². The molecule has 0 heterocycles. The lowest BCUT2D eigenvalue weighted by Gasteiger charge is -2.11. The van der Waals surface area contributed by atoms with Gasteiger partial charge in [-0.3, -0.25) is 0 Å². The fourth-order valence-electron chi connectivity index (χ4n) is 1.52. The summed E-state index contributed by atoms with van der Waals surface area (Å²) in [4.78, 5) is 11.0. The molecule has 0 aliphatic carbocycles. The molecule has 0 amide bonds. The Hall–Kier alpha value is -1.49. The molecule has 5 heteroatoms. The first-order valence-corrected chi connectivity index (χ1v) is 7.46. The summed E-state index contributed by atoms with van der Waals surface area (Å²) in [7, 11) is 2.94. The first kappa shape index (κ1) is 16.6. The summed E-state index contributed by atoms with van der Waals surface area (Å²) in [5.74, 6) is 0.965. The van der Waals surface area contributed by atoms with E-state index in [0.717, 1.165) is 23.7 Å². The van der Waals surface area contributed by atoms with Gasteiger partial charge in [-0.05, 0) is 36.6 Å². The Bertz CT molecular complexity index is 457. The van der Waals surface area contributed by atoms with Crippen LogP contribution in [0.2, 0.25) is 0 Å². The van der Waals surface area contributed by atoms with E-state index in [1.165, 1.54) is 13.2 Å². The molecule has 0 aliphatic heterocycles. The van der Waals surface area contributed by atoms with Crippen LogP contribution in [-0.4, -0.2) is 32.1 Å². The van der Waals surface area contributed by atoms with Crippen molar-refractivity contribution in [3.8, 4) is 11.5 Å². The van der Waals surface area contributed by atoms with Gasteiger partial charge in [0.25, 0.3) is 0 Å². The average Bonchev–Trinajstić information content (AvgIpc) is 2.49. The van der Waals surface area contributed by atoms with Crippen LogP contribution in [0.3, 0.4) is 0 Å². The molecule has 0 aromatic heterocycles. The van der Waals surface area contributed by atoms with Gasteiger partial charge in [0.15, 0.2) is 11.5 Å². The van der Waals surface area contributed by atoms with E-state index < -0.39 is 0 Å². The third-order valence-corrected chi connectivity index (χ3v) is 3.15. The molecule has 0 bridgehead atoms. The monoisotopic (exact) mass is 342 g/mol. The number of hydrogen-bond donors (Lipinski definition) is 0. The minimum absolute atomic E-state index is 0.390. The van der Waals surface area contributed by atoms with Crippen LogP contribution >= 0.6 is 15.9 Å². The van der Waals surface area contributed by atoms with Crippen LogP contribution in [0.15, 0.2) is 24.3 Å². The fourth-order valence-corrected chi connectivity index (χ4v) is 1.91. The highest BCUT2D eigenvalue weighted by molar-refractivity contribution is 9.09. The van der Waals surface area contributed by atoms with Crippen LogP contribution in [0.5, 0.6) is 11.5 Å². The van der Waals surface area contributed by atoms with Gasteiger partial charge in [-0.2, -0.15) is 0 Å². The Morgan fingerprint density at radius 3 is 2.70 bits per heavy atom. The van der Waals surface area contributed by atoms with Crippen molar-refractivity contribution in [2.75, 3.05) is 26.2 Å². The van der Waals surface area contributed by atoms with Crippen LogP contribution in [0, 0.1) is 0 Å². The van der Waals surface area contributed by atoms with Crippen molar-refractivity contribution in [2.24, 2.45) is 0 Å². The molecule has 0 radical (unpaired) electrons. The number of halogens is 1. The normalized spacial score (nSPS) is 10.6.